The van der Waals surface area contributed by atoms with Crippen LogP contribution in [0.15, 0.2) is 24.3 Å². The normalized spacial score (nSPS) is 23.2. The Morgan fingerprint density at radius 1 is 1.19 bits per heavy atom. The maximum absolute atomic E-state index is 12.7. The topological polar surface area (TPSA) is 90.0 Å². The zero-order valence-electron chi connectivity index (χ0n) is 14.9. The predicted octanol–water partition coefficient (Wildman–Crippen LogP) is 1.94. The molecule has 0 aliphatic carbocycles. The highest BCUT2D eigenvalue weighted by atomic mass is 16.6. The Balaban J connectivity index is 1.85. The van der Waals surface area contributed by atoms with Crippen LogP contribution in [-0.4, -0.2) is 46.9 Å². The first-order valence-electron chi connectivity index (χ1n) is 8.67. The summed E-state index contributed by atoms with van der Waals surface area (Å²) in [6.45, 7) is 5.47. The lowest BCUT2D eigenvalue weighted by Crippen LogP contribution is -2.47. The van der Waals surface area contributed by atoms with Crippen molar-refractivity contribution < 1.29 is 28.7 Å². The summed E-state index contributed by atoms with van der Waals surface area (Å²) >= 11 is 0. The van der Waals surface area contributed by atoms with Gasteiger partial charge in [-0.3, -0.25) is 14.5 Å². The van der Waals surface area contributed by atoms with E-state index in [2.05, 4.69) is 0 Å². The van der Waals surface area contributed by atoms with Crippen molar-refractivity contribution >= 4 is 23.8 Å². The summed E-state index contributed by atoms with van der Waals surface area (Å²) in [7, 11) is 0. The van der Waals surface area contributed by atoms with Gasteiger partial charge in [-0.2, -0.15) is 0 Å². The lowest BCUT2D eigenvalue weighted by atomic mass is 10.0. The molecule has 0 radical (unpaired) electrons. The molecule has 0 saturated carbocycles. The maximum atomic E-state index is 12.7. The molecule has 7 nitrogen and oxygen atoms in total. The van der Waals surface area contributed by atoms with Crippen molar-refractivity contribution in [1.82, 2.24) is 4.90 Å². The van der Waals surface area contributed by atoms with Gasteiger partial charge in [0, 0.05) is 6.42 Å². The highest BCUT2D eigenvalue weighted by Gasteiger charge is 2.45. The Morgan fingerprint density at radius 3 is 2.23 bits per heavy atom. The highest BCUT2D eigenvalue weighted by molar-refractivity contribution is 6.22. The fourth-order valence-corrected chi connectivity index (χ4v) is 3.28. The minimum absolute atomic E-state index is 0.0336. The van der Waals surface area contributed by atoms with Crippen LogP contribution in [0, 0.1) is 5.92 Å². The van der Waals surface area contributed by atoms with Crippen LogP contribution >= 0.6 is 0 Å². The molecule has 26 heavy (non-hydrogen) atoms. The number of fused-ring (bicyclic) bond motifs is 1. The molecule has 2 amide bonds. The third-order valence-corrected chi connectivity index (χ3v) is 4.49. The standard InChI is InChI=1S/C19H21NO6/c1-10(2)8-14(18(23)26-15-9-11(3)25-19(15)24)20-16(21)12-6-4-5-7-13(12)17(20)22/h4-7,10-11,14-15H,8-9H2,1-3H3. The monoisotopic (exact) mass is 359 g/mol. The zero-order chi connectivity index (χ0) is 19.0. The number of carbonyl (C=O) groups excluding carboxylic acids is 4. The van der Waals surface area contributed by atoms with Crippen LogP contribution in [0.1, 0.15) is 54.3 Å². The second-order valence-corrected chi connectivity index (χ2v) is 7.08. The molecule has 3 unspecified atom stereocenters. The number of ether oxygens (including phenoxy) is 2. The largest absolute Gasteiger partial charge is 0.460 e. The molecular weight excluding hydrogens is 338 g/mol. The first-order chi connectivity index (χ1) is 12.3. The number of imide groups is 1. The van der Waals surface area contributed by atoms with Crippen LogP contribution in [0.3, 0.4) is 0 Å². The van der Waals surface area contributed by atoms with Gasteiger partial charge in [-0.05, 0) is 31.4 Å². The zero-order valence-corrected chi connectivity index (χ0v) is 14.9. The number of cyclic esters (lactones) is 1. The molecule has 0 aromatic heterocycles. The molecule has 2 aliphatic heterocycles. The van der Waals surface area contributed by atoms with Crippen LogP contribution < -0.4 is 0 Å². The van der Waals surface area contributed by atoms with E-state index < -0.39 is 35.9 Å². The van der Waals surface area contributed by atoms with Gasteiger partial charge in [0.1, 0.15) is 12.1 Å². The van der Waals surface area contributed by atoms with Gasteiger partial charge in [0.05, 0.1) is 11.1 Å². The smallest absolute Gasteiger partial charge is 0.347 e. The Bertz CT molecular complexity index is 736. The van der Waals surface area contributed by atoms with Gasteiger partial charge in [0.15, 0.2) is 0 Å². The molecule has 0 N–H and O–H groups in total. The Morgan fingerprint density at radius 2 is 1.77 bits per heavy atom. The van der Waals surface area contributed by atoms with Crippen molar-refractivity contribution in [2.75, 3.05) is 0 Å². The van der Waals surface area contributed by atoms with Gasteiger partial charge in [0.25, 0.3) is 11.8 Å². The second-order valence-electron chi connectivity index (χ2n) is 7.08. The van der Waals surface area contributed by atoms with E-state index in [1.807, 2.05) is 13.8 Å². The molecule has 138 valence electrons. The van der Waals surface area contributed by atoms with Crippen LogP contribution in [0.25, 0.3) is 0 Å². The van der Waals surface area contributed by atoms with Crippen molar-refractivity contribution in [2.45, 2.75) is 51.9 Å². The number of esters is 2. The van der Waals surface area contributed by atoms with E-state index in [-0.39, 0.29) is 36.0 Å². The number of hydrogen-bond acceptors (Lipinski definition) is 6. The average Bonchev–Trinajstić information content (AvgIpc) is 3.02. The summed E-state index contributed by atoms with van der Waals surface area (Å²) < 4.78 is 10.3. The number of rotatable bonds is 5. The molecular formula is C19H21NO6. The Kier molecular flexibility index (Phi) is 4.80. The van der Waals surface area contributed by atoms with Gasteiger partial charge in [0.2, 0.25) is 6.10 Å². The molecule has 1 fully saturated rings. The number of hydrogen-bond donors (Lipinski definition) is 0. The van der Waals surface area contributed by atoms with Crippen LogP contribution in [0.2, 0.25) is 0 Å². The van der Waals surface area contributed by atoms with E-state index in [1.54, 1.807) is 31.2 Å². The van der Waals surface area contributed by atoms with Gasteiger partial charge < -0.3 is 9.47 Å². The van der Waals surface area contributed by atoms with E-state index in [0.29, 0.717) is 0 Å². The summed E-state index contributed by atoms with van der Waals surface area (Å²) in [6.07, 6.45) is -0.812. The molecule has 0 spiro atoms. The van der Waals surface area contributed by atoms with E-state index in [4.69, 9.17) is 9.47 Å². The fourth-order valence-electron chi connectivity index (χ4n) is 3.28. The minimum atomic E-state index is -1.08. The van der Waals surface area contributed by atoms with Gasteiger partial charge in [-0.15, -0.1) is 0 Å². The quantitative estimate of drug-likeness (QED) is 0.590. The summed E-state index contributed by atoms with van der Waals surface area (Å²) in [4.78, 5) is 50.8. The van der Waals surface area contributed by atoms with Crippen molar-refractivity contribution in [3.63, 3.8) is 0 Å². The van der Waals surface area contributed by atoms with E-state index in [0.717, 1.165) is 4.90 Å². The van der Waals surface area contributed by atoms with Gasteiger partial charge in [-0.1, -0.05) is 26.0 Å². The van der Waals surface area contributed by atoms with Crippen LogP contribution in [0.5, 0.6) is 0 Å². The summed E-state index contributed by atoms with van der Waals surface area (Å²) in [5.74, 6) is -2.36. The van der Waals surface area contributed by atoms with Crippen molar-refractivity contribution in [3.05, 3.63) is 35.4 Å². The predicted molar refractivity (Wildman–Crippen MR) is 90.2 cm³/mol. The minimum Gasteiger partial charge on any atom is -0.460 e. The van der Waals surface area contributed by atoms with Gasteiger partial charge in [-0.25, -0.2) is 9.59 Å². The second kappa shape index (κ2) is 6.90. The molecule has 3 rings (SSSR count). The van der Waals surface area contributed by atoms with Crippen molar-refractivity contribution in [3.8, 4) is 0 Å². The number of amides is 2. The van der Waals surface area contributed by atoms with E-state index in [1.165, 1.54) is 0 Å². The van der Waals surface area contributed by atoms with Crippen molar-refractivity contribution in [1.29, 1.82) is 0 Å². The van der Waals surface area contributed by atoms with Crippen molar-refractivity contribution in [2.24, 2.45) is 5.92 Å². The van der Waals surface area contributed by atoms with Crippen LogP contribution in [-0.2, 0) is 19.1 Å². The average molecular weight is 359 g/mol. The fraction of sp³-hybridized carbons (Fsp3) is 0.474. The molecule has 3 atom stereocenters. The lowest BCUT2D eigenvalue weighted by Gasteiger charge is -2.26. The van der Waals surface area contributed by atoms with E-state index in [9.17, 15) is 19.2 Å². The highest BCUT2D eigenvalue weighted by Crippen LogP contribution is 2.28. The molecule has 2 heterocycles. The first kappa shape index (κ1) is 18.1. The third-order valence-electron chi connectivity index (χ3n) is 4.49. The molecule has 2 aliphatic rings. The molecule has 0 bridgehead atoms. The molecule has 1 aromatic rings. The summed E-state index contributed by atoms with van der Waals surface area (Å²) in [5, 5.41) is 0. The molecule has 1 saturated heterocycles. The maximum Gasteiger partial charge on any atom is 0.347 e. The Hall–Kier alpha value is -2.70. The van der Waals surface area contributed by atoms with Gasteiger partial charge >= 0.3 is 11.9 Å². The first-order valence-corrected chi connectivity index (χ1v) is 8.67. The lowest BCUT2D eigenvalue weighted by molar-refractivity contribution is -0.163. The number of carbonyl (C=O) groups is 4. The molecule has 1 aromatic carbocycles. The SMILES string of the molecule is CC(C)CC(C(=O)OC1CC(C)OC1=O)N1C(=O)c2ccccc2C1=O. The summed E-state index contributed by atoms with van der Waals surface area (Å²) in [5.41, 5.74) is 0.543. The third kappa shape index (κ3) is 3.21. The number of nitrogens with zero attached hydrogens (tertiary/aromatic N) is 1. The molecule has 7 heteroatoms. The van der Waals surface area contributed by atoms with E-state index >= 15 is 0 Å². The number of benzene rings is 1. The summed E-state index contributed by atoms with van der Waals surface area (Å²) in [6, 6.07) is 5.37. The Labute approximate surface area is 151 Å². The van der Waals surface area contributed by atoms with Crippen LogP contribution in [0.4, 0.5) is 0 Å².